The van der Waals surface area contributed by atoms with E-state index < -0.39 is 0 Å². The van der Waals surface area contributed by atoms with E-state index in [1.807, 2.05) is 62.4 Å². The lowest BCUT2D eigenvalue weighted by Crippen LogP contribution is -2.20. The third kappa shape index (κ3) is 5.81. The van der Waals surface area contributed by atoms with Gasteiger partial charge >= 0.3 is 0 Å². The molecule has 0 bridgehead atoms. The molecule has 4 aromatic rings. The van der Waals surface area contributed by atoms with Gasteiger partial charge in [-0.1, -0.05) is 24.8 Å². The Bertz CT molecular complexity index is 1360. The van der Waals surface area contributed by atoms with Crippen molar-refractivity contribution in [2.45, 2.75) is 6.92 Å². The number of anilines is 3. The van der Waals surface area contributed by atoms with Gasteiger partial charge in [0.15, 0.2) is 0 Å². The van der Waals surface area contributed by atoms with Crippen molar-refractivity contribution in [3.8, 4) is 22.8 Å². The first kappa shape index (κ1) is 24.7. The Morgan fingerprint density at radius 2 is 1.94 bits per heavy atom. The quantitative estimate of drug-likeness (QED) is 0.261. The molecule has 0 unspecified atom stereocenters. The molecular formula is C27H30N6O3. The van der Waals surface area contributed by atoms with Gasteiger partial charge in [-0.25, -0.2) is 9.97 Å². The third-order valence-electron chi connectivity index (χ3n) is 5.39. The van der Waals surface area contributed by atoms with Gasteiger partial charge < -0.3 is 30.0 Å². The Balaban J connectivity index is 1.68. The summed E-state index contributed by atoms with van der Waals surface area (Å²) in [4.78, 5) is 26.5. The molecule has 0 saturated heterocycles. The summed E-state index contributed by atoms with van der Waals surface area (Å²) >= 11 is 0. The first-order chi connectivity index (χ1) is 17.5. The predicted molar refractivity (Wildman–Crippen MR) is 143 cm³/mol. The van der Waals surface area contributed by atoms with Crippen LogP contribution in [0.1, 0.15) is 6.92 Å². The second-order valence-corrected chi connectivity index (χ2v) is 8.26. The number of carbonyl (C=O) groups excluding carboxylic acids is 1. The summed E-state index contributed by atoms with van der Waals surface area (Å²) in [6.07, 6.45) is 4.85. The molecule has 9 heteroatoms. The van der Waals surface area contributed by atoms with Crippen LogP contribution in [0.15, 0.2) is 67.5 Å². The molecule has 3 N–H and O–H groups in total. The van der Waals surface area contributed by atoms with Crippen molar-refractivity contribution in [2.75, 3.05) is 44.5 Å². The topological polar surface area (TPSA) is 104 Å². The van der Waals surface area contributed by atoms with E-state index in [4.69, 9.17) is 14.5 Å². The van der Waals surface area contributed by atoms with E-state index in [9.17, 15) is 4.79 Å². The molecule has 0 aliphatic rings. The molecular weight excluding hydrogens is 456 g/mol. The Morgan fingerprint density at radius 1 is 1.14 bits per heavy atom. The highest BCUT2D eigenvalue weighted by Crippen LogP contribution is 2.38. The van der Waals surface area contributed by atoms with Crippen LogP contribution in [-0.4, -0.2) is 59.6 Å². The van der Waals surface area contributed by atoms with Gasteiger partial charge in [-0.3, -0.25) is 4.79 Å². The zero-order valence-corrected chi connectivity index (χ0v) is 20.7. The lowest BCUT2D eigenvalue weighted by molar-refractivity contribution is -0.111. The molecule has 0 aliphatic carbocycles. The minimum atomic E-state index is -0.347. The van der Waals surface area contributed by atoms with Crippen LogP contribution in [0.25, 0.3) is 22.2 Å². The fraction of sp³-hybridized carbons (Fsp3) is 0.222. The number of aromatic amines is 1. The summed E-state index contributed by atoms with van der Waals surface area (Å²) in [5, 5.41) is 7.13. The van der Waals surface area contributed by atoms with Crippen LogP contribution < -0.4 is 20.1 Å². The number of H-pyrrole nitrogens is 1. The molecule has 2 heterocycles. The van der Waals surface area contributed by atoms with Crippen molar-refractivity contribution in [3.05, 3.63) is 67.5 Å². The highest BCUT2D eigenvalue weighted by atomic mass is 16.5. The molecule has 0 saturated carbocycles. The normalized spacial score (nSPS) is 10.9. The van der Waals surface area contributed by atoms with Gasteiger partial charge in [0.1, 0.15) is 18.1 Å². The molecule has 0 aliphatic heterocycles. The second kappa shape index (κ2) is 11.4. The zero-order chi connectivity index (χ0) is 25.5. The number of para-hydroxylation sites is 1. The number of ether oxygens (including phenoxy) is 2. The van der Waals surface area contributed by atoms with Gasteiger partial charge in [-0.05, 0) is 45.3 Å². The SMILES string of the molecule is C=CC(=O)Nc1cc(Nc2nccc(-c3c[nH]c4ccccc34)n2)c(OCC)cc1OCCN(C)C. The molecule has 186 valence electrons. The lowest BCUT2D eigenvalue weighted by Gasteiger charge is -2.19. The molecule has 0 fully saturated rings. The van der Waals surface area contributed by atoms with Crippen LogP contribution in [0.2, 0.25) is 0 Å². The van der Waals surface area contributed by atoms with Gasteiger partial charge in [0.05, 0.1) is 23.7 Å². The summed E-state index contributed by atoms with van der Waals surface area (Å²) < 4.78 is 11.8. The van der Waals surface area contributed by atoms with E-state index in [1.54, 1.807) is 18.3 Å². The molecule has 9 nitrogen and oxygen atoms in total. The first-order valence-electron chi connectivity index (χ1n) is 11.7. The van der Waals surface area contributed by atoms with Crippen molar-refractivity contribution < 1.29 is 14.3 Å². The summed E-state index contributed by atoms with van der Waals surface area (Å²) in [6.45, 7) is 7.05. The Hall–Kier alpha value is -4.37. The molecule has 0 atom stereocenters. The molecule has 1 amide bonds. The van der Waals surface area contributed by atoms with Crippen LogP contribution in [0, 0.1) is 0 Å². The summed E-state index contributed by atoms with van der Waals surface area (Å²) in [5.41, 5.74) is 3.85. The van der Waals surface area contributed by atoms with Crippen molar-refractivity contribution in [3.63, 3.8) is 0 Å². The van der Waals surface area contributed by atoms with Crippen molar-refractivity contribution in [1.29, 1.82) is 0 Å². The molecule has 0 radical (unpaired) electrons. The van der Waals surface area contributed by atoms with Crippen LogP contribution in [0.3, 0.4) is 0 Å². The van der Waals surface area contributed by atoms with E-state index in [2.05, 4.69) is 27.2 Å². The largest absolute Gasteiger partial charge is 0.492 e. The fourth-order valence-electron chi connectivity index (χ4n) is 3.65. The number of amides is 1. The van der Waals surface area contributed by atoms with Gasteiger partial charge in [0.2, 0.25) is 11.9 Å². The number of likely N-dealkylation sites (N-methyl/N-ethyl adjacent to an activating group) is 1. The maximum Gasteiger partial charge on any atom is 0.247 e. The number of hydrogen-bond acceptors (Lipinski definition) is 7. The summed E-state index contributed by atoms with van der Waals surface area (Å²) in [5.74, 6) is 1.09. The van der Waals surface area contributed by atoms with E-state index in [0.29, 0.717) is 48.6 Å². The zero-order valence-electron chi connectivity index (χ0n) is 20.7. The smallest absolute Gasteiger partial charge is 0.247 e. The van der Waals surface area contributed by atoms with Crippen LogP contribution in [0.4, 0.5) is 17.3 Å². The minimum Gasteiger partial charge on any atom is -0.492 e. The average molecular weight is 487 g/mol. The maximum absolute atomic E-state index is 12.1. The predicted octanol–water partition coefficient (Wildman–Crippen LogP) is 4.83. The number of nitrogens with one attached hydrogen (secondary N) is 3. The number of fused-ring (bicyclic) bond motifs is 1. The maximum atomic E-state index is 12.1. The molecule has 2 aromatic carbocycles. The van der Waals surface area contributed by atoms with E-state index in [-0.39, 0.29) is 5.91 Å². The minimum absolute atomic E-state index is 0.347. The highest BCUT2D eigenvalue weighted by Gasteiger charge is 2.16. The highest BCUT2D eigenvalue weighted by molar-refractivity contribution is 6.00. The van der Waals surface area contributed by atoms with Gasteiger partial charge in [-0.2, -0.15) is 0 Å². The van der Waals surface area contributed by atoms with Crippen molar-refractivity contribution >= 4 is 34.1 Å². The number of rotatable bonds is 11. The number of nitrogens with zero attached hydrogens (tertiary/aromatic N) is 3. The van der Waals surface area contributed by atoms with Gasteiger partial charge in [0.25, 0.3) is 0 Å². The number of carbonyl (C=O) groups is 1. The van der Waals surface area contributed by atoms with Crippen LogP contribution in [0.5, 0.6) is 11.5 Å². The first-order valence-corrected chi connectivity index (χ1v) is 11.7. The number of hydrogen-bond donors (Lipinski definition) is 3. The summed E-state index contributed by atoms with van der Waals surface area (Å²) in [6, 6.07) is 13.4. The van der Waals surface area contributed by atoms with E-state index >= 15 is 0 Å². The standard InChI is InChI=1S/C27H30N6O3/c1-5-26(34)30-22-15-23(24(35-6-2)16-25(22)36-14-13-33(3)4)32-27-28-12-11-21(31-27)19-17-29-20-10-8-7-9-18(19)20/h5,7-12,15-17,29H,1,6,13-14H2,2-4H3,(H,30,34)(H,28,31,32). The van der Waals surface area contributed by atoms with E-state index in [0.717, 1.165) is 22.2 Å². The Morgan fingerprint density at radius 3 is 2.72 bits per heavy atom. The summed E-state index contributed by atoms with van der Waals surface area (Å²) in [7, 11) is 3.93. The van der Waals surface area contributed by atoms with Crippen molar-refractivity contribution in [2.24, 2.45) is 0 Å². The van der Waals surface area contributed by atoms with Crippen LogP contribution >= 0.6 is 0 Å². The number of benzene rings is 2. The lowest BCUT2D eigenvalue weighted by atomic mass is 10.1. The molecule has 4 rings (SSSR count). The second-order valence-electron chi connectivity index (χ2n) is 8.26. The fourth-order valence-corrected chi connectivity index (χ4v) is 3.65. The average Bonchev–Trinajstić information content (AvgIpc) is 3.30. The van der Waals surface area contributed by atoms with Gasteiger partial charge in [0, 0.05) is 41.5 Å². The third-order valence-corrected chi connectivity index (χ3v) is 5.39. The van der Waals surface area contributed by atoms with Crippen molar-refractivity contribution in [1.82, 2.24) is 19.9 Å². The van der Waals surface area contributed by atoms with Crippen LogP contribution in [-0.2, 0) is 4.79 Å². The van der Waals surface area contributed by atoms with E-state index in [1.165, 1.54) is 6.08 Å². The van der Waals surface area contributed by atoms with Gasteiger partial charge in [-0.15, -0.1) is 0 Å². The molecule has 2 aromatic heterocycles. The Kier molecular flexibility index (Phi) is 7.82. The number of aromatic nitrogens is 3. The molecule has 0 spiro atoms. The monoisotopic (exact) mass is 486 g/mol. The Labute approximate surface area is 210 Å². The molecule has 36 heavy (non-hydrogen) atoms.